The first kappa shape index (κ1) is 34.1. The molecule has 8 nitrogen and oxygen atoms in total. The normalized spacial score (nSPS) is 12.0. The fourth-order valence-electron chi connectivity index (χ4n) is 4.55. The summed E-state index contributed by atoms with van der Waals surface area (Å²) < 4.78 is 98.4. The van der Waals surface area contributed by atoms with E-state index in [1.807, 2.05) is 6.92 Å². The molecule has 0 fully saturated rings. The van der Waals surface area contributed by atoms with E-state index in [4.69, 9.17) is 4.74 Å². The van der Waals surface area contributed by atoms with Gasteiger partial charge in [-0.05, 0) is 59.0 Å². The molecule has 2 N–H and O–H groups in total. The number of halogens is 7. The number of carboxylic acid groups (broad SMARTS) is 2. The molecule has 3 aromatic rings. The zero-order chi connectivity index (χ0) is 33.2. The zero-order valence-corrected chi connectivity index (χ0v) is 24.2. The second-order valence-corrected chi connectivity index (χ2v) is 10.1. The number of aromatic carboxylic acids is 2. The van der Waals surface area contributed by atoms with Gasteiger partial charge in [0.05, 0.1) is 29.4 Å². The van der Waals surface area contributed by atoms with E-state index < -0.39 is 81.6 Å². The molecule has 0 aromatic heterocycles. The van der Waals surface area contributed by atoms with Gasteiger partial charge < -0.3 is 19.7 Å². The number of rotatable bonds is 9. The van der Waals surface area contributed by atoms with Gasteiger partial charge in [-0.25, -0.2) is 19.2 Å². The van der Waals surface area contributed by atoms with Crippen molar-refractivity contribution in [1.82, 2.24) is 0 Å². The summed E-state index contributed by atoms with van der Waals surface area (Å²) in [5, 5.41) is 19.0. The van der Waals surface area contributed by atoms with Gasteiger partial charge in [0, 0.05) is 4.47 Å². The summed E-state index contributed by atoms with van der Waals surface area (Å²) in [6, 6.07) is 6.36. The maximum atomic E-state index is 14.7. The molecule has 0 bridgehead atoms. The van der Waals surface area contributed by atoms with E-state index in [1.165, 1.54) is 0 Å². The van der Waals surface area contributed by atoms with E-state index >= 15 is 0 Å². The quantitative estimate of drug-likeness (QED) is 0.182. The van der Waals surface area contributed by atoms with E-state index in [2.05, 4.69) is 20.7 Å². The highest BCUT2D eigenvalue weighted by Crippen LogP contribution is 2.56. The Morgan fingerprint density at radius 3 is 1.70 bits per heavy atom. The highest BCUT2D eigenvalue weighted by Gasteiger charge is 2.72. The van der Waals surface area contributed by atoms with Gasteiger partial charge in [-0.1, -0.05) is 47.1 Å². The molecule has 3 aromatic carbocycles. The van der Waals surface area contributed by atoms with Gasteiger partial charge in [-0.15, -0.1) is 0 Å². The van der Waals surface area contributed by atoms with Crippen molar-refractivity contribution in [3.63, 3.8) is 0 Å². The van der Waals surface area contributed by atoms with Crippen molar-refractivity contribution in [3.05, 3.63) is 104 Å². The van der Waals surface area contributed by atoms with Crippen LogP contribution >= 0.6 is 15.9 Å². The molecule has 0 unspecified atom stereocenters. The molecule has 0 spiro atoms. The Hall–Kier alpha value is -4.40. The summed E-state index contributed by atoms with van der Waals surface area (Å²) >= 11 is 3.34. The Bertz CT molecular complexity index is 1620. The molecule has 234 valence electrons. The third-order valence-electron chi connectivity index (χ3n) is 6.71. The van der Waals surface area contributed by atoms with Crippen LogP contribution in [0.4, 0.5) is 26.3 Å². The molecule has 0 heterocycles. The average Bonchev–Trinajstić information content (AvgIpc) is 2.94. The number of carboxylic acids is 2. The van der Waals surface area contributed by atoms with Crippen molar-refractivity contribution in [2.45, 2.75) is 37.7 Å². The van der Waals surface area contributed by atoms with Crippen LogP contribution in [-0.4, -0.2) is 53.6 Å². The molecule has 0 saturated carbocycles. The molecule has 0 atom stereocenters. The number of benzene rings is 3. The van der Waals surface area contributed by atoms with E-state index in [1.54, 1.807) is 18.2 Å². The SMILES string of the molecule is CCc1ccc(COC(=O)c2ccc(C(c3ccc(C(=O)O)c(C(=O)OC)c3)(C(F)(F)F)C(F)(F)F)cc2C(=O)O)cc1Br. The molecule has 0 radical (unpaired) electrons. The highest BCUT2D eigenvalue weighted by molar-refractivity contribution is 9.10. The number of carbonyl (C=O) groups is 4. The Kier molecular flexibility index (Phi) is 9.83. The van der Waals surface area contributed by atoms with E-state index in [0.717, 1.165) is 12.7 Å². The Morgan fingerprint density at radius 2 is 1.25 bits per heavy atom. The van der Waals surface area contributed by atoms with Crippen molar-refractivity contribution in [2.75, 3.05) is 7.11 Å². The van der Waals surface area contributed by atoms with Crippen molar-refractivity contribution in [2.24, 2.45) is 0 Å². The molecule has 0 aliphatic heterocycles. The van der Waals surface area contributed by atoms with Gasteiger partial charge in [0.1, 0.15) is 6.61 Å². The fourth-order valence-corrected chi connectivity index (χ4v) is 5.26. The Balaban J connectivity index is 2.22. The number of esters is 2. The van der Waals surface area contributed by atoms with Crippen LogP contribution < -0.4 is 0 Å². The number of methoxy groups -OCH3 is 1. The molecular formula is C29H21BrF6O8. The van der Waals surface area contributed by atoms with Crippen LogP contribution in [-0.2, 0) is 27.9 Å². The van der Waals surface area contributed by atoms with Crippen LogP contribution in [0.25, 0.3) is 0 Å². The fraction of sp³-hybridized carbons (Fsp3) is 0.241. The second kappa shape index (κ2) is 12.7. The minimum Gasteiger partial charge on any atom is -0.478 e. The Morgan fingerprint density at radius 1 is 0.727 bits per heavy atom. The standard InChI is InChI=1S/C29H21BrF6O8/c1-3-15-5-4-14(10-22(15)30)13-44-26(42)19-9-7-16(11-20(19)24(39)40)27(28(31,32)33,29(34,35)36)17-6-8-18(23(37)38)21(12-17)25(41)43-2/h4-12H,3,13H2,1-2H3,(H,37,38)(H,39,40). The maximum absolute atomic E-state index is 14.7. The number of ether oxygens (including phenoxy) is 2. The summed E-state index contributed by atoms with van der Waals surface area (Å²) in [5.74, 6) is -6.76. The molecular weight excluding hydrogens is 670 g/mol. The predicted octanol–water partition coefficient (Wildman–Crippen LogP) is 6.96. The van der Waals surface area contributed by atoms with Gasteiger partial charge in [-0.3, -0.25) is 0 Å². The average molecular weight is 691 g/mol. The summed E-state index contributed by atoms with van der Waals surface area (Å²) in [6.45, 7) is 1.50. The topological polar surface area (TPSA) is 127 Å². The van der Waals surface area contributed by atoms with Crippen LogP contribution in [0.5, 0.6) is 0 Å². The largest absolute Gasteiger partial charge is 0.478 e. The van der Waals surface area contributed by atoms with E-state index in [-0.39, 0.29) is 24.3 Å². The summed E-state index contributed by atoms with van der Waals surface area (Å²) in [5.41, 5.74) is -11.1. The molecule has 15 heteroatoms. The lowest BCUT2D eigenvalue weighted by atomic mass is 9.71. The minimum absolute atomic E-state index is 0.0372. The number of hydrogen-bond donors (Lipinski definition) is 2. The number of alkyl halides is 6. The molecule has 44 heavy (non-hydrogen) atoms. The van der Waals surface area contributed by atoms with Gasteiger partial charge >= 0.3 is 36.2 Å². The Labute approximate surface area is 253 Å². The van der Waals surface area contributed by atoms with Gasteiger partial charge in [0.2, 0.25) is 5.41 Å². The van der Waals surface area contributed by atoms with E-state index in [9.17, 15) is 55.7 Å². The van der Waals surface area contributed by atoms with Crippen molar-refractivity contribution >= 4 is 39.8 Å². The van der Waals surface area contributed by atoms with Gasteiger partial charge in [0.15, 0.2) is 0 Å². The molecule has 0 amide bonds. The first-order chi connectivity index (χ1) is 20.4. The van der Waals surface area contributed by atoms with Crippen LogP contribution in [0.3, 0.4) is 0 Å². The third-order valence-corrected chi connectivity index (χ3v) is 7.45. The number of hydrogen-bond acceptors (Lipinski definition) is 6. The summed E-state index contributed by atoms with van der Waals surface area (Å²) in [6.07, 6.45) is -11.8. The van der Waals surface area contributed by atoms with Crippen LogP contribution in [0.2, 0.25) is 0 Å². The number of aryl methyl sites for hydroxylation is 1. The maximum Gasteiger partial charge on any atom is 0.411 e. The van der Waals surface area contributed by atoms with Crippen molar-refractivity contribution < 1.29 is 65.2 Å². The molecule has 0 aliphatic carbocycles. The second-order valence-electron chi connectivity index (χ2n) is 9.22. The first-order valence-electron chi connectivity index (χ1n) is 12.3. The van der Waals surface area contributed by atoms with E-state index in [0.29, 0.717) is 28.6 Å². The lowest BCUT2D eigenvalue weighted by molar-refractivity contribution is -0.288. The summed E-state index contributed by atoms with van der Waals surface area (Å²) in [4.78, 5) is 48.5. The lowest BCUT2D eigenvalue weighted by Gasteiger charge is -2.38. The predicted molar refractivity (Wildman–Crippen MR) is 144 cm³/mol. The van der Waals surface area contributed by atoms with Gasteiger partial charge in [-0.2, -0.15) is 26.3 Å². The molecule has 0 aliphatic rings. The number of carbonyl (C=O) groups excluding carboxylic acids is 2. The monoisotopic (exact) mass is 690 g/mol. The first-order valence-corrected chi connectivity index (χ1v) is 13.1. The molecule has 3 rings (SSSR count). The third kappa shape index (κ3) is 6.27. The van der Waals surface area contributed by atoms with Crippen LogP contribution in [0, 0.1) is 0 Å². The van der Waals surface area contributed by atoms with Crippen LogP contribution in [0.15, 0.2) is 59.1 Å². The van der Waals surface area contributed by atoms with Crippen LogP contribution in [0.1, 0.15) is 70.6 Å². The smallest absolute Gasteiger partial charge is 0.411 e. The summed E-state index contributed by atoms with van der Waals surface area (Å²) in [7, 11) is 0.734. The highest BCUT2D eigenvalue weighted by atomic mass is 79.9. The minimum atomic E-state index is -6.24. The zero-order valence-electron chi connectivity index (χ0n) is 22.6. The van der Waals surface area contributed by atoms with Gasteiger partial charge in [0.25, 0.3) is 0 Å². The lowest BCUT2D eigenvalue weighted by Crippen LogP contribution is -2.55. The molecule has 0 saturated heterocycles. The van der Waals surface area contributed by atoms with Crippen molar-refractivity contribution in [1.29, 1.82) is 0 Å². The van der Waals surface area contributed by atoms with Crippen molar-refractivity contribution in [3.8, 4) is 0 Å².